The SMILES string of the molecule is CCOC(=O)C1C(c2cccc(Cl)c2)=C(C#N)C(=O)NC1C. The van der Waals surface area contributed by atoms with Crippen LogP contribution in [0.5, 0.6) is 0 Å². The summed E-state index contributed by atoms with van der Waals surface area (Å²) >= 11 is 5.99. The Balaban J connectivity index is 2.64. The molecule has 22 heavy (non-hydrogen) atoms. The zero-order valence-electron chi connectivity index (χ0n) is 12.2. The zero-order valence-corrected chi connectivity index (χ0v) is 13.0. The summed E-state index contributed by atoms with van der Waals surface area (Å²) in [5.74, 6) is -1.71. The molecule has 0 spiro atoms. The summed E-state index contributed by atoms with van der Waals surface area (Å²) in [6.07, 6.45) is 0. The average molecular weight is 319 g/mol. The Kier molecular flexibility index (Phi) is 4.84. The van der Waals surface area contributed by atoms with Crippen molar-refractivity contribution in [2.45, 2.75) is 19.9 Å². The van der Waals surface area contributed by atoms with E-state index in [1.165, 1.54) is 0 Å². The second-order valence-electron chi connectivity index (χ2n) is 4.90. The molecule has 1 N–H and O–H groups in total. The number of esters is 1. The number of hydrogen-bond acceptors (Lipinski definition) is 4. The van der Waals surface area contributed by atoms with Crippen LogP contribution in [0, 0.1) is 17.2 Å². The van der Waals surface area contributed by atoms with Crippen LogP contribution >= 0.6 is 11.6 Å². The van der Waals surface area contributed by atoms with E-state index in [1.54, 1.807) is 38.1 Å². The van der Waals surface area contributed by atoms with Crippen molar-refractivity contribution in [1.29, 1.82) is 5.26 Å². The molecule has 1 amide bonds. The fourth-order valence-corrected chi connectivity index (χ4v) is 2.73. The molecule has 0 radical (unpaired) electrons. The summed E-state index contributed by atoms with van der Waals surface area (Å²) < 4.78 is 5.10. The Morgan fingerprint density at radius 1 is 1.50 bits per heavy atom. The van der Waals surface area contributed by atoms with Gasteiger partial charge in [0.25, 0.3) is 5.91 Å². The molecular formula is C16H15ClN2O3. The fraction of sp³-hybridized carbons (Fsp3) is 0.312. The van der Waals surface area contributed by atoms with Crippen molar-refractivity contribution < 1.29 is 14.3 Å². The lowest BCUT2D eigenvalue weighted by atomic mass is 9.81. The smallest absolute Gasteiger partial charge is 0.315 e. The van der Waals surface area contributed by atoms with Crippen LogP contribution in [0.15, 0.2) is 29.8 Å². The summed E-state index contributed by atoms with van der Waals surface area (Å²) in [6, 6.07) is 8.15. The van der Waals surface area contributed by atoms with Gasteiger partial charge in [-0.3, -0.25) is 9.59 Å². The van der Waals surface area contributed by atoms with Crippen LogP contribution in [0.1, 0.15) is 19.4 Å². The van der Waals surface area contributed by atoms with E-state index in [1.807, 2.05) is 6.07 Å². The summed E-state index contributed by atoms with van der Waals surface area (Å²) in [7, 11) is 0. The van der Waals surface area contributed by atoms with Crippen molar-refractivity contribution in [3.63, 3.8) is 0 Å². The monoisotopic (exact) mass is 318 g/mol. The van der Waals surface area contributed by atoms with E-state index in [2.05, 4.69) is 5.32 Å². The third kappa shape index (κ3) is 2.97. The van der Waals surface area contributed by atoms with Gasteiger partial charge in [0.15, 0.2) is 0 Å². The van der Waals surface area contributed by atoms with Gasteiger partial charge in [0.05, 0.1) is 6.61 Å². The van der Waals surface area contributed by atoms with Crippen molar-refractivity contribution in [2.24, 2.45) is 5.92 Å². The van der Waals surface area contributed by atoms with Gasteiger partial charge in [-0.25, -0.2) is 0 Å². The highest BCUT2D eigenvalue weighted by atomic mass is 35.5. The lowest BCUT2D eigenvalue weighted by molar-refractivity contribution is -0.146. The zero-order chi connectivity index (χ0) is 16.3. The van der Waals surface area contributed by atoms with Gasteiger partial charge in [0.2, 0.25) is 0 Å². The van der Waals surface area contributed by atoms with Crippen LogP contribution in [0.4, 0.5) is 0 Å². The molecule has 2 unspecified atom stereocenters. The molecule has 0 saturated carbocycles. The maximum absolute atomic E-state index is 12.3. The van der Waals surface area contributed by atoms with Crippen LogP contribution < -0.4 is 5.32 Å². The standard InChI is InChI=1S/C16H15ClN2O3/c1-3-22-16(21)13-9(2)19-15(20)12(8-18)14(13)10-5-4-6-11(17)7-10/h4-7,9,13H,3H2,1-2H3,(H,19,20). The first-order valence-corrected chi connectivity index (χ1v) is 7.25. The fourth-order valence-electron chi connectivity index (χ4n) is 2.54. The van der Waals surface area contributed by atoms with Crippen LogP contribution in [0.25, 0.3) is 5.57 Å². The quantitative estimate of drug-likeness (QED) is 0.867. The molecule has 0 aromatic heterocycles. The Hall–Kier alpha value is -2.32. The number of carbonyl (C=O) groups excluding carboxylic acids is 2. The van der Waals surface area contributed by atoms with E-state index in [9.17, 15) is 14.9 Å². The van der Waals surface area contributed by atoms with Gasteiger partial charge in [0, 0.05) is 11.1 Å². The summed E-state index contributed by atoms with van der Waals surface area (Å²) in [6.45, 7) is 3.64. The van der Waals surface area contributed by atoms with Gasteiger partial charge in [-0.1, -0.05) is 23.7 Å². The molecular weight excluding hydrogens is 304 g/mol. The first kappa shape index (κ1) is 16.1. The molecule has 1 aliphatic rings. The predicted molar refractivity (Wildman–Crippen MR) is 81.7 cm³/mol. The van der Waals surface area contributed by atoms with Crippen LogP contribution in [0.2, 0.25) is 5.02 Å². The molecule has 0 saturated heterocycles. The number of ether oxygens (including phenoxy) is 1. The summed E-state index contributed by atoms with van der Waals surface area (Å²) in [5.41, 5.74) is 0.849. The highest BCUT2D eigenvalue weighted by molar-refractivity contribution is 6.30. The van der Waals surface area contributed by atoms with Crippen LogP contribution in [0.3, 0.4) is 0 Å². The summed E-state index contributed by atoms with van der Waals surface area (Å²) in [5, 5.41) is 12.4. The topological polar surface area (TPSA) is 79.2 Å². The van der Waals surface area contributed by atoms with E-state index < -0.39 is 23.8 Å². The lowest BCUT2D eigenvalue weighted by Crippen LogP contribution is -2.47. The molecule has 0 aliphatic carbocycles. The molecule has 114 valence electrons. The number of carbonyl (C=O) groups is 2. The number of nitrogens with one attached hydrogen (secondary N) is 1. The van der Waals surface area contributed by atoms with Gasteiger partial charge in [-0.2, -0.15) is 5.26 Å². The maximum Gasteiger partial charge on any atom is 0.315 e. The van der Waals surface area contributed by atoms with Crippen molar-refractivity contribution in [3.8, 4) is 6.07 Å². The first-order valence-electron chi connectivity index (χ1n) is 6.87. The molecule has 1 heterocycles. The largest absolute Gasteiger partial charge is 0.465 e. The van der Waals surface area contributed by atoms with Gasteiger partial charge >= 0.3 is 5.97 Å². The van der Waals surface area contributed by atoms with Gasteiger partial charge in [0.1, 0.15) is 17.6 Å². The van der Waals surface area contributed by atoms with E-state index in [4.69, 9.17) is 16.3 Å². The molecule has 0 bridgehead atoms. The second kappa shape index (κ2) is 6.63. The average Bonchev–Trinajstić information content (AvgIpc) is 2.46. The van der Waals surface area contributed by atoms with E-state index in [0.29, 0.717) is 16.2 Å². The number of nitrogens with zero attached hydrogens (tertiary/aromatic N) is 1. The first-order chi connectivity index (χ1) is 10.5. The molecule has 1 aromatic rings. The Labute approximate surface area is 133 Å². The van der Waals surface area contributed by atoms with Crippen molar-refractivity contribution in [1.82, 2.24) is 5.32 Å². The Bertz CT molecular complexity index is 691. The normalized spacial score (nSPS) is 21.1. The molecule has 5 nitrogen and oxygen atoms in total. The number of benzene rings is 1. The van der Waals surface area contributed by atoms with Crippen LogP contribution in [-0.2, 0) is 14.3 Å². The van der Waals surface area contributed by atoms with Crippen molar-refractivity contribution in [2.75, 3.05) is 6.61 Å². The third-order valence-corrected chi connectivity index (χ3v) is 3.69. The molecule has 1 aliphatic heterocycles. The number of halogens is 1. The van der Waals surface area contributed by atoms with Crippen molar-refractivity contribution >= 4 is 29.1 Å². The highest BCUT2D eigenvalue weighted by Gasteiger charge is 2.39. The minimum Gasteiger partial charge on any atom is -0.465 e. The van der Waals surface area contributed by atoms with Gasteiger partial charge < -0.3 is 10.1 Å². The molecule has 2 rings (SSSR count). The maximum atomic E-state index is 12.3. The lowest BCUT2D eigenvalue weighted by Gasteiger charge is -2.31. The van der Waals surface area contributed by atoms with Gasteiger partial charge in [-0.05, 0) is 37.1 Å². The Morgan fingerprint density at radius 2 is 2.23 bits per heavy atom. The van der Waals surface area contributed by atoms with Gasteiger partial charge in [-0.15, -0.1) is 0 Å². The minimum absolute atomic E-state index is 0.0848. The number of amides is 1. The van der Waals surface area contributed by atoms with E-state index >= 15 is 0 Å². The molecule has 2 atom stereocenters. The van der Waals surface area contributed by atoms with E-state index in [0.717, 1.165) is 0 Å². The number of hydrogen-bond donors (Lipinski definition) is 1. The van der Waals surface area contributed by atoms with Crippen molar-refractivity contribution in [3.05, 3.63) is 40.4 Å². The molecule has 6 heteroatoms. The second-order valence-corrected chi connectivity index (χ2v) is 5.34. The number of nitriles is 1. The minimum atomic E-state index is -0.745. The van der Waals surface area contributed by atoms with Crippen LogP contribution in [-0.4, -0.2) is 24.5 Å². The predicted octanol–water partition coefficient (Wildman–Crippen LogP) is 2.31. The molecule has 0 fully saturated rings. The third-order valence-electron chi connectivity index (χ3n) is 3.45. The molecule has 1 aromatic carbocycles. The summed E-state index contributed by atoms with van der Waals surface area (Å²) in [4.78, 5) is 24.3. The van der Waals surface area contributed by atoms with E-state index in [-0.39, 0.29) is 12.2 Å². The number of rotatable bonds is 3. The highest BCUT2D eigenvalue weighted by Crippen LogP contribution is 2.34. The Morgan fingerprint density at radius 3 is 2.82 bits per heavy atom.